The van der Waals surface area contributed by atoms with Gasteiger partial charge in [0.2, 0.25) is 5.97 Å². The van der Waals surface area contributed by atoms with Gasteiger partial charge in [0.25, 0.3) is 0 Å². The molecule has 1 aromatic rings. The summed E-state index contributed by atoms with van der Waals surface area (Å²) in [4.78, 5) is 38.4. The number of esters is 2. The van der Waals surface area contributed by atoms with E-state index in [0.29, 0.717) is 44.3 Å². The number of ether oxygens (including phenoxy) is 2. The van der Waals surface area contributed by atoms with Gasteiger partial charge in [0.15, 0.2) is 12.5 Å². The predicted molar refractivity (Wildman–Crippen MR) is 116 cm³/mol. The van der Waals surface area contributed by atoms with Gasteiger partial charge < -0.3 is 29.7 Å². The van der Waals surface area contributed by atoms with Crippen molar-refractivity contribution in [2.24, 2.45) is 0 Å². The fourth-order valence-corrected chi connectivity index (χ4v) is 4.99. The number of carboxylic acids is 1. The molecule has 3 N–H and O–H groups in total. The van der Waals surface area contributed by atoms with E-state index >= 15 is 0 Å². The van der Waals surface area contributed by atoms with Crippen molar-refractivity contribution >= 4 is 17.9 Å². The number of nitrogens with zero attached hydrogens (tertiary/aromatic N) is 5. The predicted octanol–water partition coefficient (Wildman–Crippen LogP) is -0.0342. The van der Waals surface area contributed by atoms with Crippen LogP contribution in [0, 0.1) is 6.23 Å². The minimum Gasteiger partial charge on any atom is -0.620 e. The zero-order valence-corrected chi connectivity index (χ0v) is 20.7. The van der Waals surface area contributed by atoms with Gasteiger partial charge in [-0.1, -0.05) is 24.3 Å². The Morgan fingerprint density at radius 1 is 1.19 bits per heavy atom. The number of hydrogen-bond donors (Lipinski definition) is 3. The molecule has 1 aliphatic carbocycles. The number of aryl methyl sites for hydroxylation is 1. The average molecular weight is 558 g/mol. The van der Waals surface area contributed by atoms with E-state index in [-0.39, 0.29) is 60.5 Å². The monoisotopic (exact) mass is 557 g/mol. The van der Waals surface area contributed by atoms with Crippen LogP contribution in [-0.2, 0) is 54.0 Å². The van der Waals surface area contributed by atoms with Gasteiger partial charge in [-0.15, -0.1) is 5.10 Å². The molecule has 3 aliphatic rings. The number of carbonyl (C=O) groups is 3. The third-order valence-corrected chi connectivity index (χ3v) is 6.68. The number of cyclic esters (lactones) is 2. The van der Waals surface area contributed by atoms with Gasteiger partial charge in [-0.25, -0.2) is 0 Å². The summed E-state index contributed by atoms with van der Waals surface area (Å²) in [6.07, 6.45) is 5.77. The van der Waals surface area contributed by atoms with Crippen LogP contribution in [0.3, 0.4) is 0 Å². The normalized spacial score (nSPS) is 24.2. The van der Waals surface area contributed by atoms with E-state index in [0.717, 1.165) is 25.7 Å². The number of carboxylic acid groups (broad SMARTS) is 1. The summed E-state index contributed by atoms with van der Waals surface area (Å²) in [5.74, 6) is -1.66. The second-order valence-electron chi connectivity index (χ2n) is 9.26. The molecule has 1 saturated carbocycles. The maximum Gasteiger partial charge on any atom is 0.317 e. The van der Waals surface area contributed by atoms with Crippen molar-refractivity contribution < 1.29 is 56.2 Å². The summed E-state index contributed by atoms with van der Waals surface area (Å²) in [6, 6.07) is -0.355. The Morgan fingerprint density at radius 3 is 2.50 bits per heavy atom. The molecule has 13 nitrogen and oxygen atoms in total. The molecule has 3 fully saturated rings. The Kier molecular flexibility index (Phi) is 10.2. The first-order valence-electron chi connectivity index (χ1n) is 12.1. The zero-order valence-electron chi connectivity index (χ0n) is 19.8. The number of carbonyl (C=O) groups excluding carboxylic acids is 2. The number of hydrogen-bond acceptors (Lipinski definition) is 11. The minimum atomic E-state index is -1.32. The standard InChI is InChI=1S/C22H32N5O8.Cu/c28-19(29)7-3-4-8-25-11-14(23-24-25)12-26(17-9-21(32)34-17)15-5-1-2-6-16(15)27(13-20(30)31)18-10-22(33)35-18;/h11,15-16,18-19,28-29H,1-10,12-13H2,(H,30,31);/q-1;. The van der Waals surface area contributed by atoms with E-state index in [2.05, 4.69) is 10.3 Å². The molecule has 3 heterocycles. The summed E-state index contributed by atoms with van der Waals surface area (Å²) in [5.41, 5.74) is 0.673. The number of aliphatic carboxylic acids is 1. The molecule has 0 spiro atoms. The molecule has 36 heavy (non-hydrogen) atoms. The van der Waals surface area contributed by atoms with Crippen LogP contribution in [0.1, 0.15) is 63.5 Å². The van der Waals surface area contributed by atoms with Crippen LogP contribution < -0.4 is 0 Å². The molecule has 2 aliphatic heterocycles. The van der Waals surface area contributed by atoms with E-state index in [9.17, 15) is 19.5 Å². The maximum absolute atomic E-state index is 11.6. The van der Waals surface area contributed by atoms with Gasteiger partial charge in [0.05, 0.1) is 18.7 Å². The number of unbranched alkanes of at least 4 members (excludes halogenated alkanes) is 1. The Morgan fingerprint density at radius 2 is 1.89 bits per heavy atom. The van der Waals surface area contributed by atoms with Crippen molar-refractivity contribution in [2.45, 2.75) is 95.5 Å². The molecular formula is C22H32CuN5O8-. The first-order chi connectivity index (χ1) is 16.8. The van der Waals surface area contributed by atoms with E-state index in [1.165, 1.54) is 0 Å². The van der Waals surface area contributed by atoms with Crippen molar-refractivity contribution in [3.63, 3.8) is 0 Å². The molecule has 3 unspecified atom stereocenters. The Bertz CT molecular complexity index is 899. The van der Waals surface area contributed by atoms with E-state index < -0.39 is 18.5 Å². The number of aliphatic hydroxyl groups excluding tert-OH is 1. The summed E-state index contributed by atoms with van der Waals surface area (Å²) >= 11 is 0. The first kappa shape index (κ1) is 28.5. The van der Waals surface area contributed by atoms with Crippen molar-refractivity contribution in [1.82, 2.24) is 24.8 Å². The molecule has 2 saturated heterocycles. The molecular weight excluding hydrogens is 526 g/mol. The Hall–Kier alpha value is -2.09. The van der Waals surface area contributed by atoms with Gasteiger partial charge in [0.1, 0.15) is 0 Å². The first-order valence-corrected chi connectivity index (χ1v) is 12.1. The van der Waals surface area contributed by atoms with Gasteiger partial charge in [-0.05, 0) is 38.5 Å². The molecule has 4 rings (SSSR count). The van der Waals surface area contributed by atoms with Crippen LogP contribution in [0.25, 0.3) is 0 Å². The van der Waals surface area contributed by atoms with Gasteiger partial charge >= 0.3 is 11.9 Å². The van der Waals surface area contributed by atoms with Crippen LogP contribution in [0.2, 0.25) is 0 Å². The number of aromatic nitrogens is 3. The third-order valence-electron chi connectivity index (χ3n) is 6.68. The molecule has 3 atom stereocenters. The topological polar surface area (TPSA) is 168 Å². The van der Waals surface area contributed by atoms with E-state index in [4.69, 9.17) is 19.7 Å². The van der Waals surface area contributed by atoms with E-state index in [1.54, 1.807) is 9.58 Å². The van der Waals surface area contributed by atoms with Crippen molar-refractivity contribution in [1.29, 1.82) is 0 Å². The van der Waals surface area contributed by atoms with Gasteiger partial charge in [0, 0.05) is 48.4 Å². The average Bonchev–Trinajstić information content (AvgIpc) is 3.22. The fourth-order valence-electron chi connectivity index (χ4n) is 4.99. The van der Waals surface area contributed by atoms with Crippen LogP contribution >= 0.6 is 0 Å². The zero-order chi connectivity index (χ0) is 24.9. The van der Waals surface area contributed by atoms with E-state index in [1.807, 2.05) is 11.1 Å². The van der Waals surface area contributed by atoms with Crippen LogP contribution in [0.15, 0.2) is 6.20 Å². The second-order valence-corrected chi connectivity index (χ2v) is 9.26. The fraction of sp³-hybridized carbons (Fsp3) is 0.727. The maximum atomic E-state index is 11.6. The molecule has 0 bridgehead atoms. The molecule has 205 valence electrons. The van der Waals surface area contributed by atoms with Crippen molar-refractivity contribution in [3.05, 3.63) is 18.1 Å². The Labute approximate surface area is 219 Å². The van der Waals surface area contributed by atoms with Crippen LogP contribution in [-0.4, -0.2) is 89.2 Å². The summed E-state index contributed by atoms with van der Waals surface area (Å²) in [7, 11) is 0. The molecule has 1 radical (unpaired) electrons. The third kappa shape index (κ3) is 7.24. The summed E-state index contributed by atoms with van der Waals surface area (Å²) in [6.45, 7) is 0.669. The van der Waals surface area contributed by atoms with Crippen LogP contribution in [0.4, 0.5) is 0 Å². The van der Waals surface area contributed by atoms with Gasteiger partial charge in [-0.3, -0.25) is 24.0 Å². The molecule has 0 aromatic carbocycles. The van der Waals surface area contributed by atoms with Crippen molar-refractivity contribution in [2.75, 3.05) is 6.54 Å². The number of aliphatic hydroxyl groups is 2. The summed E-state index contributed by atoms with van der Waals surface area (Å²) in [5, 5.41) is 35.9. The smallest absolute Gasteiger partial charge is 0.317 e. The minimum absolute atomic E-state index is 0. The van der Waals surface area contributed by atoms with Crippen molar-refractivity contribution in [3.8, 4) is 0 Å². The molecule has 1 aromatic heterocycles. The van der Waals surface area contributed by atoms with Gasteiger partial charge in [-0.2, -0.15) is 0 Å². The SMILES string of the molecule is O=C(O)CN(C1CC(=O)O1)C1CCCCC1N(Cc1cn(CCCCC(O)O)nn1)[C-]1CC(=O)O1.[Cu]. The second kappa shape index (κ2) is 12.9. The Balaban J connectivity index is 0.00000361. The van der Waals surface area contributed by atoms with Crippen LogP contribution in [0.5, 0.6) is 0 Å². The number of rotatable bonds is 13. The largest absolute Gasteiger partial charge is 0.620 e. The molecule has 0 amide bonds. The summed E-state index contributed by atoms with van der Waals surface area (Å²) < 4.78 is 12.3. The molecule has 14 heteroatoms. The quantitative estimate of drug-likeness (QED) is 0.0974.